The lowest BCUT2D eigenvalue weighted by molar-refractivity contribution is -0.137. The second-order valence-corrected chi connectivity index (χ2v) is 5.00. The first-order valence-electron chi connectivity index (χ1n) is 3.70. The summed E-state index contributed by atoms with van der Waals surface area (Å²) in [4.78, 5) is 21.0. The third kappa shape index (κ3) is 4.70. The molecule has 0 heterocycles. The Kier molecular flexibility index (Phi) is 6.71. The number of hydrogen-bond acceptors (Lipinski definition) is 6. The van der Waals surface area contributed by atoms with E-state index in [1.807, 2.05) is 0 Å². The summed E-state index contributed by atoms with van der Waals surface area (Å²) in [5.74, 6) is -2.10. The van der Waals surface area contributed by atoms with Crippen LogP contribution in [0.5, 0.6) is 0 Å². The van der Waals surface area contributed by atoms with Crippen LogP contribution in [0.1, 0.15) is 0 Å². The van der Waals surface area contributed by atoms with Gasteiger partial charge < -0.3 is 21.7 Å². The lowest BCUT2D eigenvalue weighted by Crippen LogP contribution is -2.28. The monoisotopic (exact) mass is 240 g/mol. The van der Waals surface area contributed by atoms with Crippen LogP contribution in [-0.2, 0) is 9.59 Å². The Balaban J connectivity index is 4.00. The maximum atomic E-state index is 10.5. The van der Waals surface area contributed by atoms with Gasteiger partial charge in [-0.15, -0.1) is 0 Å². The highest BCUT2D eigenvalue weighted by Crippen LogP contribution is 2.30. The van der Waals surface area contributed by atoms with E-state index in [0.717, 1.165) is 21.6 Å². The molecule has 0 aromatic rings. The minimum Gasteiger partial charge on any atom is -0.480 e. The molecule has 0 aromatic carbocycles. The van der Waals surface area contributed by atoms with Crippen molar-refractivity contribution in [3.63, 3.8) is 0 Å². The third-order valence-electron chi connectivity index (χ3n) is 1.27. The maximum absolute atomic E-state index is 10.5. The Morgan fingerprint density at radius 2 is 1.29 bits per heavy atom. The predicted molar refractivity (Wildman–Crippen MR) is 56.1 cm³/mol. The van der Waals surface area contributed by atoms with Crippen molar-refractivity contribution in [1.29, 1.82) is 0 Å². The van der Waals surface area contributed by atoms with Crippen molar-refractivity contribution in [2.45, 2.75) is 10.5 Å². The van der Waals surface area contributed by atoms with E-state index >= 15 is 0 Å². The molecular weight excluding hydrogens is 228 g/mol. The van der Waals surface area contributed by atoms with E-state index in [4.69, 9.17) is 21.7 Å². The van der Waals surface area contributed by atoms with Gasteiger partial charge in [0.1, 0.15) is 10.5 Å². The molecule has 0 fully saturated rings. The molecule has 0 spiro atoms. The highest BCUT2D eigenvalue weighted by molar-refractivity contribution is 8.77. The highest BCUT2D eigenvalue weighted by Gasteiger charge is 2.22. The van der Waals surface area contributed by atoms with E-state index < -0.39 is 22.4 Å². The third-order valence-corrected chi connectivity index (χ3v) is 4.36. The molecule has 6 nitrogen and oxygen atoms in total. The fourth-order valence-corrected chi connectivity index (χ4v) is 2.86. The Bertz CT molecular complexity index is 192. The predicted octanol–water partition coefficient (Wildman–Crippen LogP) is -0.808. The van der Waals surface area contributed by atoms with Crippen molar-refractivity contribution in [1.82, 2.24) is 0 Å². The quantitative estimate of drug-likeness (QED) is 0.426. The Morgan fingerprint density at radius 1 is 1.00 bits per heavy atom. The molecule has 2 atom stereocenters. The molecule has 0 saturated heterocycles. The van der Waals surface area contributed by atoms with E-state index in [0.29, 0.717) is 0 Å². The lowest BCUT2D eigenvalue weighted by Gasteiger charge is -2.12. The van der Waals surface area contributed by atoms with Crippen LogP contribution in [0.3, 0.4) is 0 Å². The summed E-state index contributed by atoms with van der Waals surface area (Å²) >= 11 is 0. The second kappa shape index (κ2) is 6.93. The van der Waals surface area contributed by atoms with Gasteiger partial charge in [-0.1, -0.05) is 21.6 Å². The van der Waals surface area contributed by atoms with Crippen LogP contribution >= 0.6 is 21.6 Å². The summed E-state index contributed by atoms with van der Waals surface area (Å²) in [5.41, 5.74) is 10.4. The van der Waals surface area contributed by atoms with Gasteiger partial charge in [-0.25, -0.2) is 0 Å². The van der Waals surface area contributed by atoms with E-state index in [2.05, 4.69) is 0 Å². The number of aliphatic carboxylic acids is 2. The van der Waals surface area contributed by atoms with Crippen LogP contribution in [-0.4, -0.2) is 45.7 Å². The maximum Gasteiger partial charge on any atom is 0.318 e. The lowest BCUT2D eigenvalue weighted by atomic mass is 10.4. The number of rotatable bonds is 7. The zero-order chi connectivity index (χ0) is 11.1. The molecule has 0 aliphatic carbocycles. The standard InChI is InChI=1S/C6H12N2O4S2/c7-1-3(5(9)10)13-14-4(2-8)6(11)12/h3-4H,1-2,7-8H2,(H,9,10)(H,11,12). The fourth-order valence-electron chi connectivity index (χ4n) is 0.497. The Morgan fingerprint density at radius 3 is 1.43 bits per heavy atom. The number of carboxylic acids is 2. The van der Waals surface area contributed by atoms with Crippen LogP contribution < -0.4 is 11.5 Å². The van der Waals surface area contributed by atoms with E-state index in [1.54, 1.807) is 0 Å². The molecule has 0 aromatic heterocycles. The largest absolute Gasteiger partial charge is 0.480 e. The Hall–Kier alpha value is -0.440. The van der Waals surface area contributed by atoms with Crippen LogP contribution in [0.4, 0.5) is 0 Å². The minimum absolute atomic E-state index is 0.0378. The molecule has 2 unspecified atom stereocenters. The number of carbonyl (C=O) groups is 2. The van der Waals surface area contributed by atoms with E-state index in [-0.39, 0.29) is 13.1 Å². The van der Waals surface area contributed by atoms with Crippen molar-refractivity contribution in [3.05, 3.63) is 0 Å². The second-order valence-electron chi connectivity index (χ2n) is 2.32. The van der Waals surface area contributed by atoms with Crippen LogP contribution in [0, 0.1) is 0 Å². The molecule has 82 valence electrons. The van der Waals surface area contributed by atoms with Gasteiger partial charge in [0.2, 0.25) is 0 Å². The summed E-state index contributed by atoms with van der Waals surface area (Å²) in [5, 5.41) is 15.6. The molecule has 14 heavy (non-hydrogen) atoms. The molecule has 0 amide bonds. The first kappa shape index (κ1) is 13.6. The van der Waals surface area contributed by atoms with Crippen molar-refractivity contribution in [2.75, 3.05) is 13.1 Å². The van der Waals surface area contributed by atoms with Crippen molar-refractivity contribution in [2.24, 2.45) is 11.5 Å². The van der Waals surface area contributed by atoms with Crippen molar-refractivity contribution < 1.29 is 19.8 Å². The molecule has 6 N–H and O–H groups in total. The number of nitrogens with two attached hydrogens (primary N) is 2. The molecule has 0 radical (unpaired) electrons. The van der Waals surface area contributed by atoms with Gasteiger partial charge in [-0.3, -0.25) is 9.59 Å². The van der Waals surface area contributed by atoms with Crippen LogP contribution in [0.15, 0.2) is 0 Å². The average molecular weight is 240 g/mol. The van der Waals surface area contributed by atoms with Gasteiger partial charge in [-0.2, -0.15) is 0 Å². The zero-order valence-electron chi connectivity index (χ0n) is 7.25. The SMILES string of the molecule is NCC(SSC(CN)C(=O)O)C(=O)O. The normalized spacial score (nSPS) is 14.7. The number of carboxylic acid groups (broad SMARTS) is 2. The molecule has 0 aliphatic rings. The molecule has 8 heteroatoms. The van der Waals surface area contributed by atoms with Gasteiger partial charge in [-0.05, 0) is 0 Å². The highest BCUT2D eigenvalue weighted by atomic mass is 33.1. The molecule has 0 aliphatic heterocycles. The summed E-state index contributed by atoms with van der Waals surface area (Å²) in [7, 11) is 1.84. The molecule has 0 saturated carbocycles. The minimum atomic E-state index is -1.05. The summed E-state index contributed by atoms with van der Waals surface area (Å²) in [6.07, 6.45) is 0. The van der Waals surface area contributed by atoms with Gasteiger partial charge in [0.15, 0.2) is 0 Å². The summed E-state index contributed by atoms with van der Waals surface area (Å²) < 4.78 is 0. The first-order chi connectivity index (χ1) is 6.52. The average Bonchev–Trinajstić information content (AvgIpc) is 2.11. The van der Waals surface area contributed by atoms with Gasteiger partial charge >= 0.3 is 11.9 Å². The van der Waals surface area contributed by atoms with Gasteiger partial charge in [0.25, 0.3) is 0 Å². The first-order valence-corrected chi connectivity index (χ1v) is 5.98. The Labute approximate surface area is 88.8 Å². The van der Waals surface area contributed by atoms with Gasteiger partial charge in [0.05, 0.1) is 0 Å². The van der Waals surface area contributed by atoms with Crippen LogP contribution in [0.25, 0.3) is 0 Å². The van der Waals surface area contributed by atoms with Gasteiger partial charge in [0, 0.05) is 13.1 Å². The van der Waals surface area contributed by atoms with Crippen molar-refractivity contribution in [3.8, 4) is 0 Å². The zero-order valence-corrected chi connectivity index (χ0v) is 8.88. The number of hydrogen-bond donors (Lipinski definition) is 4. The smallest absolute Gasteiger partial charge is 0.318 e. The molecule has 0 rings (SSSR count). The summed E-state index contributed by atoms with van der Waals surface area (Å²) in [6, 6.07) is 0. The topological polar surface area (TPSA) is 127 Å². The molecular formula is C6H12N2O4S2. The van der Waals surface area contributed by atoms with E-state index in [1.165, 1.54) is 0 Å². The van der Waals surface area contributed by atoms with E-state index in [9.17, 15) is 9.59 Å². The fraction of sp³-hybridized carbons (Fsp3) is 0.667. The molecule has 0 bridgehead atoms. The van der Waals surface area contributed by atoms with Crippen molar-refractivity contribution >= 4 is 33.5 Å². The summed E-state index contributed by atoms with van der Waals surface area (Å²) in [6.45, 7) is -0.0756. The van der Waals surface area contributed by atoms with Crippen LogP contribution in [0.2, 0.25) is 0 Å².